The Morgan fingerprint density at radius 1 is 1.23 bits per heavy atom. The van der Waals surface area contributed by atoms with Crippen molar-refractivity contribution in [3.8, 4) is 0 Å². The smallest absolute Gasteiger partial charge is 0.242 e. The van der Waals surface area contributed by atoms with Crippen LogP contribution >= 0.6 is 11.8 Å². The summed E-state index contributed by atoms with van der Waals surface area (Å²) in [6.07, 6.45) is 1.07. The maximum absolute atomic E-state index is 12.2. The molecule has 1 aromatic rings. The van der Waals surface area contributed by atoms with E-state index in [1.54, 1.807) is 16.7 Å². The molecular weight excluding hydrogens is 296 g/mol. The average molecular weight is 320 g/mol. The lowest BCUT2D eigenvalue weighted by Crippen LogP contribution is -2.52. The molecule has 0 spiro atoms. The van der Waals surface area contributed by atoms with Crippen molar-refractivity contribution < 1.29 is 9.59 Å². The Kier molecular flexibility index (Phi) is 6.31. The van der Waals surface area contributed by atoms with Crippen LogP contribution in [0.4, 0.5) is 0 Å². The Balaban J connectivity index is 1.83. The van der Waals surface area contributed by atoms with E-state index in [1.165, 1.54) is 5.56 Å². The molecule has 0 aliphatic carbocycles. The maximum Gasteiger partial charge on any atom is 0.242 e. The molecule has 1 saturated heterocycles. The standard InChI is InChI=1S/C17H24N2O2S/c1-3-10-22-13-17(21)19-9-8-18(16(20)12-19)11-15-6-4-14(2)5-7-15/h4-7H,3,8-13H2,1-2H3. The third kappa shape index (κ3) is 4.77. The number of nitrogens with zero attached hydrogens (tertiary/aromatic N) is 2. The van der Waals surface area contributed by atoms with Crippen molar-refractivity contribution in [2.24, 2.45) is 0 Å². The van der Waals surface area contributed by atoms with Crippen LogP contribution in [0.25, 0.3) is 0 Å². The second-order valence-electron chi connectivity index (χ2n) is 5.67. The van der Waals surface area contributed by atoms with Crippen molar-refractivity contribution in [2.45, 2.75) is 26.8 Å². The van der Waals surface area contributed by atoms with Crippen molar-refractivity contribution in [2.75, 3.05) is 31.1 Å². The van der Waals surface area contributed by atoms with Gasteiger partial charge >= 0.3 is 0 Å². The minimum Gasteiger partial charge on any atom is -0.335 e. The molecule has 120 valence electrons. The van der Waals surface area contributed by atoms with Gasteiger partial charge in [-0.3, -0.25) is 9.59 Å². The van der Waals surface area contributed by atoms with Crippen LogP contribution in [0, 0.1) is 6.92 Å². The van der Waals surface area contributed by atoms with Gasteiger partial charge in [0.2, 0.25) is 11.8 Å². The molecule has 5 heteroatoms. The van der Waals surface area contributed by atoms with Gasteiger partial charge < -0.3 is 9.80 Å². The summed E-state index contributed by atoms with van der Waals surface area (Å²) in [7, 11) is 0. The van der Waals surface area contributed by atoms with Gasteiger partial charge in [0.1, 0.15) is 0 Å². The summed E-state index contributed by atoms with van der Waals surface area (Å²) in [5.41, 5.74) is 2.35. The average Bonchev–Trinajstić information content (AvgIpc) is 2.51. The zero-order valence-corrected chi connectivity index (χ0v) is 14.2. The third-order valence-corrected chi connectivity index (χ3v) is 4.89. The number of carbonyl (C=O) groups is 2. The molecule has 0 saturated carbocycles. The van der Waals surface area contributed by atoms with Crippen molar-refractivity contribution in [3.05, 3.63) is 35.4 Å². The molecule has 2 rings (SSSR count). The number of aryl methyl sites for hydroxylation is 1. The molecule has 2 amide bonds. The monoisotopic (exact) mass is 320 g/mol. The first-order chi connectivity index (χ1) is 10.6. The highest BCUT2D eigenvalue weighted by Crippen LogP contribution is 2.12. The predicted octanol–water partition coefficient (Wildman–Crippen LogP) is 2.31. The van der Waals surface area contributed by atoms with E-state index >= 15 is 0 Å². The second kappa shape index (κ2) is 8.22. The number of hydrogen-bond acceptors (Lipinski definition) is 3. The quantitative estimate of drug-likeness (QED) is 0.755. The van der Waals surface area contributed by atoms with Gasteiger partial charge in [-0.25, -0.2) is 0 Å². The topological polar surface area (TPSA) is 40.6 Å². The van der Waals surface area contributed by atoms with Gasteiger partial charge in [-0.15, -0.1) is 0 Å². The molecule has 0 aromatic heterocycles. The molecule has 0 unspecified atom stereocenters. The molecular formula is C17H24N2O2S. The lowest BCUT2D eigenvalue weighted by Gasteiger charge is -2.34. The Morgan fingerprint density at radius 2 is 1.95 bits per heavy atom. The van der Waals surface area contributed by atoms with Crippen LogP contribution in [0.1, 0.15) is 24.5 Å². The first-order valence-electron chi connectivity index (χ1n) is 7.79. The number of carbonyl (C=O) groups excluding carboxylic acids is 2. The van der Waals surface area contributed by atoms with Gasteiger partial charge in [-0.1, -0.05) is 36.8 Å². The van der Waals surface area contributed by atoms with Crippen LogP contribution in [-0.4, -0.2) is 52.8 Å². The number of benzene rings is 1. The van der Waals surface area contributed by atoms with E-state index in [0.29, 0.717) is 25.4 Å². The molecule has 1 fully saturated rings. The lowest BCUT2D eigenvalue weighted by molar-refractivity contribution is -0.144. The highest BCUT2D eigenvalue weighted by atomic mass is 32.2. The van der Waals surface area contributed by atoms with E-state index in [4.69, 9.17) is 0 Å². The molecule has 0 radical (unpaired) electrons. The molecule has 22 heavy (non-hydrogen) atoms. The zero-order chi connectivity index (χ0) is 15.9. The number of thioether (sulfide) groups is 1. The van der Waals surface area contributed by atoms with Crippen molar-refractivity contribution in [1.29, 1.82) is 0 Å². The van der Waals surface area contributed by atoms with Crippen molar-refractivity contribution >= 4 is 23.6 Å². The van der Waals surface area contributed by atoms with Crippen LogP contribution in [0.15, 0.2) is 24.3 Å². The number of hydrogen-bond donors (Lipinski definition) is 0. The van der Waals surface area contributed by atoms with Gasteiger partial charge in [0.15, 0.2) is 0 Å². The first-order valence-corrected chi connectivity index (χ1v) is 8.94. The fourth-order valence-electron chi connectivity index (χ4n) is 2.40. The molecule has 0 bridgehead atoms. The van der Waals surface area contributed by atoms with Crippen LogP contribution < -0.4 is 0 Å². The summed E-state index contributed by atoms with van der Waals surface area (Å²) in [4.78, 5) is 27.8. The number of piperazine rings is 1. The first kappa shape index (κ1) is 16.9. The van der Waals surface area contributed by atoms with Gasteiger partial charge in [0.05, 0.1) is 12.3 Å². The molecule has 0 atom stereocenters. The summed E-state index contributed by atoms with van der Waals surface area (Å²) in [6.45, 7) is 6.27. The Hall–Kier alpha value is -1.49. The maximum atomic E-state index is 12.2. The van der Waals surface area contributed by atoms with Crippen molar-refractivity contribution in [1.82, 2.24) is 9.80 Å². The largest absolute Gasteiger partial charge is 0.335 e. The van der Waals surface area contributed by atoms with E-state index in [9.17, 15) is 9.59 Å². The lowest BCUT2D eigenvalue weighted by atomic mass is 10.1. The molecule has 1 aliphatic heterocycles. The summed E-state index contributed by atoms with van der Waals surface area (Å²) in [5, 5.41) is 0. The minimum atomic E-state index is 0.0423. The van der Waals surface area contributed by atoms with Gasteiger partial charge in [0, 0.05) is 19.6 Å². The fraction of sp³-hybridized carbons (Fsp3) is 0.529. The highest BCUT2D eigenvalue weighted by Gasteiger charge is 2.26. The van der Waals surface area contributed by atoms with E-state index in [-0.39, 0.29) is 18.4 Å². The van der Waals surface area contributed by atoms with Crippen molar-refractivity contribution in [3.63, 3.8) is 0 Å². The zero-order valence-electron chi connectivity index (χ0n) is 13.4. The van der Waals surface area contributed by atoms with E-state index < -0.39 is 0 Å². The fourth-order valence-corrected chi connectivity index (χ4v) is 3.19. The molecule has 1 aromatic carbocycles. The Morgan fingerprint density at radius 3 is 2.59 bits per heavy atom. The minimum absolute atomic E-state index is 0.0423. The van der Waals surface area contributed by atoms with Gasteiger partial charge in [-0.2, -0.15) is 11.8 Å². The summed E-state index contributed by atoms with van der Waals surface area (Å²) in [6, 6.07) is 8.23. The molecule has 1 aliphatic rings. The normalized spacial score (nSPS) is 15.3. The Bertz CT molecular complexity index is 516. The highest BCUT2D eigenvalue weighted by molar-refractivity contribution is 7.99. The van der Waals surface area contributed by atoms with E-state index in [2.05, 4.69) is 38.1 Å². The molecule has 1 heterocycles. The Labute approximate surface area is 136 Å². The van der Waals surface area contributed by atoms with E-state index in [0.717, 1.165) is 17.7 Å². The molecule has 0 N–H and O–H groups in total. The van der Waals surface area contributed by atoms with Crippen LogP contribution in [0.5, 0.6) is 0 Å². The van der Waals surface area contributed by atoms with Crippen LogP contribution in [0.2, 0.25) is 0 Å². The predicted molar refractivity (Wildman–Crippen MR) is 90.8 cm³/mol. The molecule has 4 nitrogen and oxygen atoms in total. The van der Waals surface area contributed by atoms with Gasteiger partial charge in [-0.05, 0) is 24.7 Å². The van der Waals surface area contributed by atoms with E-state index in [1.807, 2.05) is 4.90 Å². The number of amides is 2. The number of rotatable bonds is 6. The summed E-state index contributed by atoms with van der Waals surface area (Å²) < 4.78 is 0. The van der Waals surface area contributed by atoms with Crippen LogP contribution in [0.3, 0.4) is 0 Å². The third-order valence-electron chi connectivity index (χ3n) is 3.74. The summed E-state index contributed by atoms with van der Waals surface area (Å²) in [5.74, 6) is 1.61. The van der Waals surface area contributed by atoms with Gasteiger partial charge in [0.25, 0.3) is 0 Å². The SMILES string of the molecule is CCCSCC(=O)N1CCN(Cc2ccc(C)cc2)C(=O)C1. The summed E-state index contributed by atoms with van der Waals surface area (Å²) >= 11 is 1.64. The second-order valence-corrected chi connectivity index (χ2v) is 6.77. The van der Waals surface area contributed by atoms with Crippen LogP contribution in [-0.2, 0) is 16.1 Å².